The minimum absolute atomic E-state index is 0.236. The standard InChI is InChI=1S/C13H25NO2/c1-2-3-4-5-6-7-10-14-13(15)16-11-12-8-9-12/h12H,2-11H2,1H3,(H,14,15). The molecule has 1 saturated carbocycles. The van der Waals surface area contributed by atoms with Crippen molar-refractivity contribution in [2.24, 2.45) is 5.92 Å². The highest BCUT2D eigenvalue weighted by Crippen LogP contribution is 2.28. The first-order valence-electron chi connectivity index (χ1n) is 6.73. The Morgan fingerprint density at radius 1 is 1.19 bits per heavy atom. The molecule has 0 saturated heterocycles. The predicted octanol–water partition coefficient (Wildman–Crippen LogP) is 3.48. The van der Waals surface area contributed by atoms with Gasteiger partial charge >= 0.3 is 6.09 Å². The number of amides is 1. The van der Waals surface area contributed by atoms with E-state index in [0.717, 1.165) is 13.0 Å². The smallest absolute Gasteiger partial charge is 0.407 e. The highest BCUT2D eigenvalue weighted by atomic mass is 16.5. The lowest BCUT2D eigenvalue weighted by molar-refractivity contribution is 0.141. The molecule has 1 fully saturated rings. The average molecular weight is 227 g/mol. The zero-order valence-electron chi connectivity index (χ0n) is 10.5. The molecule has 3 nitrogen and oxygen atoms in total. The molecule has 16 heavy (non-hydrogen) atoms. The van der Waals surface area contributed by atoms with Gasteiger partial charge in [0.05, 0.1) is 6.61 Å². The Morgan fingerprint density at radius 2 is 1.88 bits per heavy atom. The number of alkyl carbamates (subject to hydrolysis) is 1. The van der Waals surface area contributed by atoms with E-state index in [1.165, 1.54) is 44.9 Å². The number of hydrogen-bond donors (Lipinski definition) is 1. The van der Waals surface area contributed by atoms with Crippen molar-refractivity contribution in [3.63, 3.8) is 0 Å². The van der Waals surface area contributed by atoms with E-state index in [1.54, 1.807) is 0 Å². The van der Waals surface area contributed by atoms with Crippen LogP contribution in [0.1, 0.15) is 58.3 Å². The van der Waals surface area contributed by atoms with Gasteiger partial charge in [0.15, 0.2) is 0 Å². The minimum Gasteiger partial charge on any atom is -0.449 e. The van der Waals surface area contributed by atoms with E-state index in [-0.39, 0.29) is 6.09 Å². The Labute approximate surface area is 98.9 Å². The van der Waals surface area contributed by atoms with Gasteiger partial charge < -0.3 is 10.1 Å². The van der Waals surface area contributed by atoms with Crippen LogP contribution in [0.15, 0.2) is 0 Å². The molecular formula is C13H25NO2. The van der Waals surface area contributed by atoms with E-state index in [0.29, 0.717) is 12.5 Å². The molecule has 0 aromatic carbocycles. The first-order valence-corrected chi connectivity index (χ1v) is 6.73. The number of carbonyl (C=O) groups excluding carboxylic acids is 1. The second kappa shape index (κ2) is 8.43. The Morgan fingerprint density at radius 3 is 2.56 bits per heavy atom. The number of hydrogen-bond acceptors (Lipinski definition) is 2. The molecule has 0 radical (unpaired) electrons. The number of ether oxygens (including phenoxy) is 1. The maximum Gasteiger partial charge on any atom is 0.407 e. The minimum atomic E-state index is -0.236. The second-order valence-electron chi connectivity index (χ2n) is 4.74. The zero-order valence-corrected chi connectivity index (χ0v) is 10.5. The molecule has 0 unspecified atom stereocenters. The van der Waals surface area contributed by atoms with Crippen LogP contribution < -0.4 is 5.32 Å². The molecule has 0 spiro atoms. The molecule has 0 aromatic rings. The first kappa shape index (κ1) is 13.3. The van der Waals surface area contributed by atoms with Crippen molar-refractivity contribution in [3.05, 3.63) is 0 Å². The number of rotatable bonds is 9. The van der Waals surface area contributed by atoms with Gasteiger partial charge in [-0.2, -0.15) is 0 Å². The zero-order chi connectivity index (χ0) is 11.6. The molecule has 1 aliphatic carbocycles. The quantitative estimate of drug-likeness (QED) is 0.612. The Bertz CT molecular complexity index is 190. The van der Waals surface area contributed by atoms with Gasteiger partial charge in [-0.3, -0.25) is 0 Å². The largest absolute Gasteiger partial charge is 0.449 e. The Kier molecular flexibility index (Phi) is 7.02. The van der Waals surface area contributed by atoms with Crippen molar-refractivity contribution in [2.45, 2.75) is 58.3 Å². The van der Waals surface area contributed by atoms with Crippen LogP contribution in [0.3, 0.4) is 0 Å². The van der Waals surface area contributed by atoms with Crippen LogP contribution in [-0.4, -0.2) is 19.2 Å². The summed E-state index contributed by atoms with van der Waals surface area (Å²) < 4.78 is 5.06. The third-order valence-electron chi connectivity index (χ3n) is 2.95. The van der Waals surface area contributed by atoms with Gasteiger partial charge in [0, 0.05) is 6.54 Å². The monoisotopic (exact) mass is 227 g/mol. The van der Waals surface area contributed by atoms with Gasteiger partial charge in [0.2, 0.25) is 0 Å². The van der Waals surface area contributed by atoms with Gasteiger partial charge in [-0.15, -0.1) is 0 Å². The van der Waals surface area contributed by atoms with Gasteiger partial charge in [0.1, 0.15) is 0 Å². The van der Waals surface area contributed by atoms with Gasteiger partial charge in [-0.05, 0) is 25.2 Å². The van der Waals surface area contributed by atoms with Crippen molar-refractivity contribution >= 4 is 6.09 Å². The molecule has 1 N–H and O–H groups in total. The lowest BCUT2D eigenvalue weighted by atomic mass is 10.1. The Hall–Kier alpha value is -0.730. The van der Waals surface area contributed by atoms with Crippen molar-refractivity contribution in [1.29, 1.82) is 0 Å². The summed E-state index contributed by atoms with van der Waals surface area (Å²) in [6, 6.07) is 0. The average Bonchev–Trinajstić information content (AvgIpc) is 3.09. The van der Waals surface area contributed by atoms with E-state index in [2.05, 4.69) is 12.2 Å². The van der Waals surface area contributed by atoms with Crippen LogP contribution in [0, 0.1) is 5.92 Å². The number of unbranched alkanes of at least 4 members (excludes halogenated alkanes) is 5. The summed E-state index contributed by atoms with van der Waals surface area (Å²) in [5.41, 5.74) is 0. The third kappa shape index (κ3) is 7.55. The number of carbonyl (C=O) groups is 1. The van der Waals surface area contributed by atoms with Crippen LogP contribution >= 0.6 is 0 Å². The molecule has 1 aliphatic rings. The van der Waals surface area contributed by atoms with Crippen molar-refractivity contribution < 1.29 is 9.53 Å². The molecule has 94 valence electrons. The van der Waals surface area contributed by atoms with E-state index in [9.17, 15) is 4.79 Å². The third-order valence-corrected chi connectivity index (χ3v) is 2.95. The van der Waals surface area contributed by atoms with E-state index >= 15 is 0 Å². The van der Waals surface area contributed by atoms with Crippen molar-refractivity contribution in [3.8, 4) is 0 Å². The fourth-order valence-corrected chi connectivity index (χ4v) is 1.62. The lowest BCUT2D eigenvalue weighted by Crippen LogP contribution is -2.25. The van der Waals surface area contributed by atoms with Crippen LogP contribution in [-0.2, 0) is 4.74 Å². The summed E-state index contributed by atoms with van der Waals surface area (Å²) in [5.74, 6) is 0.653. The second-order valence-corrected chi connectivity index (χ2v) is 4.74. The highest BCUT2D eigenvalue weighted by Gasteiger charge is 2.22. The summed E-state index contributed by atoms with van der Waals surface area (Å²) in [6.45, 7) is 3.59. The molecule has 0 atom stereocenters. The normalized spacial score (nSPS) is 14.8. The molecule has 1 rings (SSSR count). The van der Waals surface area contributed by atoms with Crippen LogP contribution in [0.2, 0.25) is 0 Å². The predicted molar refractivity (Wildman–Crippen MR) is 65.5 cm³/mol. The van der Waals surface area contributed by atoms with Gasteiger partial charge in [-0.1, -0.05) is 39.0 Å². The summed E-state index contributed by atoms with van der Waals surface area (Å²) >= 11 is 0. The maximum absolute atomic E-state index is 11.2. The Balaban J connectivity index is 1.76. The molecule has 0 bridgehead atoms. The summed E-state index contributed by atoms with van der Waals surface area (Å²) in [4.78, 5) is 11.2. The summed E-state index contributed by atoms with van der Waals surface area (Å²) in [6.07, 6.45) is 9.72. The van der Waals surface area contributed by atoms with Crippen molar-refractivity contribution in [1.82, 2.24) is 5.32 Å². The molecular weight excluding hydrogens is 202 g/mol. The fourth-order valence-electron chi connectivity index (χ4n) is 1.62. The van der Waals surface area contributed by atoms with Crippen molar-refractivity contribution in [2.75, 3.05) is 13.2 Å². The van der Waals surface area contributed by atoms with Gasteiger partial charge in [0.25, 0.3) is 0 Å². The molecule has 0 heterocycles. The highest BCUT2D eigenvalue weighted by molar-refractivity contribution is 5.67. The van der Waals surface area contributed by atoms with Crippen LogP contribution in [0.4, 0.5) is 4.79 Å². The van der Waals surface area contributed by atoms with Crippen LogP contribution in [0.25, 0.3) is 0 Å². The van der Waals surface area contributed by atoms with Gasteiger partial charge in [-0.25, -0.2) is 4.79 Å². The fraction of sp³-hybridized carbons (Fsp3) is 0.923. The van der Waals surface area contributed by atoms with Crippen LogP contribution in [0.5, 0.6) is 0 Å². The first-order chi connectivity index (χ1) is 7.83. The lowest BCUT2D eigenvalue weighted by Gasteiger charge is -2.06. The molecule has 0 aliphatic heterocycles. The maximum atomic E-state index is 11.2. The molecule has 1 amide bonds. The molecule has 0 aromatic heterocycles. The molecule has 3 heteroatoms. The SMILES string of the molecule is CCCCCCCCNC(=O)OCC1CC1. The topological polar surface area (TPSA) is 38.3 Å². The van der Waals surface area contributed by atoms with E-state index < -0.39 is 0 Å². The number of nitrogens with one attached hydrogen (secondary N) is 1. The summed E-state index contributed by atoms with van der Waals surface area (Å²) in [5, 5.41) is 2.80. The van der Waals surface area contributed by atoms with E-state index in [1.807, 2.05) is 0 Å². The summed E-state index contributed by atoms with van der Waals surface area (Å²) in [7, 11) is 0. The van der Waals surface area contributed by atoms with E-state index in [4.69, 9.17) is 4.74 Å².